The molecule has 0 bridgehead atoms. The Morgan fingerprint density at radius 2 is 1.62 bits per heavy atom. The van der Waals surface area contributed by atoms with Crippen molar-refractivity contribution in [1.29, 1.82) is 0 Å². The first-order valence-electron chi connectivity index (χ1n) is 10.8. The predicted molar refractivity (Wildman–Crippen MR) is 136 cm³/mol. The Hall–Kier alpha value is -3.83. The van der Waals surface area contributed by atoms with Gasteiger partial charge in [0.05, 0.1) is 18.6 Å². The normalized spacial score (nSPS) is 13.6. The van der Waals surface area contributed by atoms with E-state index in [1.54, 1.807) is 0 Å². The first kappa shape index (κ1) is 22.0. The fourth-order valence-electron chi connectivity index (χ4n) is 3.74. The highest BCUT2D eigenvalue weighted by molar-refractivity contribution is 7.80. The van der Waals surface area contributed by atoms with Crippen LogP contribution in [0.3, 0.4) is 0 Å². The van der Waals surface area contributed by atoms with E-state index in [9.17, 15) is 4.79 Å². The molecule has 0 atom stereocenters. The van der Waals surface area contributed by atoms with Crippen LogP contribution in [-0.4, -0.2) is 52.4 Å². The number of benzene rings is 2. The summed E-state index contributed by atoms with van der Waals surface area (Å²) in [4.78, 5) is 22.8. The summed E-state index contributed by atoms with van der Waals surface area (Å²) in [6.45, 7) is 4.74. The summed E-state index contributed by atoms with van der Waals surface area (Å²) in [5.41, 5.74) is 4.09. The average molecular weight is 477 g/mol. The number of hydrogen-bond acceptors (Lipinski definition) is 9. The van der Waals surface area contributed by atoms with Crippen LogP contribution >= 0.6 is 12.6 Å². The van der Waals surface area contributed by atoms with Gasteiger partial charge in [-0.3, -0.25) is 9.89 Å². The first-order valence-corrected chi connectivity index (χ1v) is 11.3. The van der Waals surface area contributed by atoms with Crippen LogP contribution in [0.5, 0.6) is 0 Å². The molecule has 1 aliphatic rings. The second kappa shape index (κ2) is 9.57. The predicted octanol–water partition coefficient (Wildman–Crippen LogP) is 3.92. The van der Waals surface area contributed by atoms with Crippen molar-refractivity contribution in [3.8, 4) is 0 Å². The lowest BCUT2D eigenvalue weighted by Crippen LogP contribution is -2.36. The number of carbonyl (C=O) groups is 1. The van der Waals surface area contributed by atoms with Crippen LogP contribution in [0.4, 0.5) is 34.5 Å². The molecule has 0 saturated carbocycles. The smallest absolute Gasteiger partial charge is 0.231 e. The van der Waals surface area contributed by atoms with Gasteiger partial charge in [0.2, 0.25) is 11.9 Å². The minimum absolute atomic E-state index is 0.120. The number of nitrogens with zero attached hydrogens (tertiary/aromatic N) is 4. The van der Waals surface area contributed by atoms with Gasteiger partial charge < -0.3 is 25.6 Å². The quantitative estimate of drug-likeness (QED) is 0.266. The Balaban J connectivity index is 1.38. The van der Waals surface area contributed by atoms with E-state index in [4.69, 9.17) is 4.74 Å². The summed E-state index contributed by atoms with van der Waals surface area (Å²) >= 11 is 4.44. The van der Waals surface area contributed by atoms with E-state index in [-0.39, 0.29) is 5.91 Å². The Morgan fingerprint density at radius 3 is 2.32 bits per heavy atom. The number of aromatic nitrogens is 4. The van der Waals surface area contributed by atoms with Gasteiger partial charge in [0, 0.05) is 42.8 Å². The number of amides is 1. The highest BCUT2D eigenvalue weighted by atomic mass is 32.1. The number of carbonyl (C=O) groups excluding carboxylic acids is 1. The zero-order valence-electron chi connectivity index (χ0n) is 18.5. The van der Waals surface area contributed by atoms with E-state index in [1.165, 1.54) is 6.92 Å². The van der Waals surface area contributed by atoms with Crippen molar-refractivity contribution in [2.75, 3.05) is 47.2 Å². The van der Waals surface area contributed by atoms with Gasteiger partial charge in [-0.1, -0.05) is 0 Å². The van der Waals surface area contributed by atoms with E-state index < -0.39 is 0 Å². The molecular formula is C23H24N8O2S. The molecular weight excluding hydrogens is 452 g/mol. The third-order valence-electron chi connectivity index (χ3n) is 5.37. The van der Waals surface area contributed by atoms with Gasteiger partial charge in [-0.2, -0.15) is 15.1 Å². The number of anilines is 6. The molecule has 1 aliphatic heterocycles. The summed E-state index contributed by atoms with van der Waals surface area (Å²) in [6, 6.07) is 15.5. The molecule has 10 nitrogen and oxygen atoms in total. The summed E-state index contributed by atoms with van der Waals surface area (Å²) < 4.78 is 5.43. The SMILES string of the molecule is CC(=O)Nc1ccc(Nc2nc(Nc3ccc(N4CCOCC4)cc3)nc3[nH]nc(S)c23)cc1. The molecule has 0 aliphatic carbocycles. The van der Waals surface area contributed by atoms with E-state index in [0.717, 1.165) is 43.4 Å². The molecule has 34 heavy (non-hydrogen) atoms. The Kier molecular flexibility index (Phi) is 6.19. The highest BCUT2D eigenvalue weighted by Gasteiger charge is 2.15. The summed E-state index contributed by atoms with van der Waals surface area (Å²) in [6.07, 6.45) is 0. The monoisotopic (exact) mass is 476 g/mol. The number of ether oxygens (including phenoxy) is 1. The van der Waals surface area contributed by atoms with Crippen molar-refractivity contribution in [3.63, 3.8) is 0 Å². The number of nitrogens with one attached hydrogen (secondary N) is 4. The molecule has 2 aromatic heterocycles. The molecule has 4 N–H and O–H groups in total. The van der Waals surface area contributed by atoms with Crippen LogP contribution in [-0.2, 0) is 9.53 Å². The number of fused-ring (bicyclic) bond motifs is 1. The van der Waals surface area contributed by atoms with E-state index in [0.29, 0.717) is 33.5 Å². The topological polar surface area (TPSA) is 120 Å². The molecule has 11 heteroatoms. The highest BCUT2D eigenvalue weighted by Crippen LogP contribution is 2.30. The summed E-state index contributed by atoms with van der Waals surface area (Å²) in [5.74, 6) is 0.856. The number of morpholine rings is 1. The largest absolute Gasteiger partial charge is 0.378 e. The van der Waals surface area contributed by atoms with Crippen LogP contribution in [0.2, 0.25) is 0 Å². The minimum Gasteiger partial charge on any atom is -0.378 e. The Bertz CT molecular complexity index is 1300. The lowest BCUT2D eigenvalue weighted by molar-refractivity contribution is -0.114. The molecule has 1 saturated heterocycles. The van der Waals surface area contributed by atoms with Gasteiger partial charge in [0.25, 0.3) is 0 Å². The van der Waals surface area contributed by atoms with Crippen molar-refractivity contribution in [1.82, 2.24) is 20.2 Å². The lowest BCUT2D eigenvalue weighted by Gasteiger charge is -2.28. The molecule has 0 radical (unpaired) electrons. The maximum Gasteiger partial charge on any atom is 0.231 e. The molecule has 0 spiro atoms. The van der Waals surface area contributed by atoms with Crippen molar-refractivity contribution in [3.05, 3.63) is 48.5 Å². The number of hydrogen-bond donors (Lipinski definition) is 5. The zero-order valence-corrected chi connectivity index (χ0v) is 19.4. The van der Waals surface area contributed by atoms with Gasteiger partial charge in [0.15, 0.2) is 5.65 Å². The fraction of sp³-hybridized carbons (Fsp3) is 0.217. The molecule has 5 rings (SSSR count). The van der Waals surface area contributed by atoms with Crippen LogP contribution in [0.15, 0.2) is 53.6 Å². The Labute approximate surface area is 201 Å². The minimum atomic E-state index is -0.120. The molecule has 174 valence electrons. The first-order chi connectivity index (χ1) is 16.5. The molecule has 1 amide bonds. The van der Waals surface area contributed by atoms with E-state index >= 15 is 0 Å². The van der Waals surface area contributed by atoms with Crippen LogP contribution in [0.25, 0.3) is 11.0 Å². The third kappa shape index (κ3) is 4.90. The van der Waals surface area contributed by atoms with Crippen molar-refractivity contribution in [2.45, 2.75) is 11.9 Å². The average Bonchev–Trinajstić information content (AvgIpc) is 3.22. The number of rotatable bonds is 6. The molecule has 3 heterocycles. The summed E-state index contributed by atoms with van der Waals surface area (Å²) in [5, 5.41) is 17.6. The molecule has 0 unspecified atom stereocenters. The third-order valence-corrected chi connectivity index (χ3v) is 5.69. The number of thiol groups is 1. The molecule has 1 fully saturated rings. The maximum atomic E-state index is 11.3. The van der Waals surface area contributed by atoms with Crippen molar-refractivity contribution >= 4 is 64.1 Å². The van der Waals surface area contributed by atoms with Gasteiger partial charge in [0.1, 0.15) is 10.8 Å². The summed E-state index contributed by atoms with van der Waals surface area (Å²) in [7, 11) is 0. The van der Waals surface area contributed by atoms with Crippen molar-refractivity contribution < 1.29 is 9.53 Å². The second-order valence-corrected chi connectivity index (χ2v) is 8.25. The van der Waals surface area contributed by atoms with Gasteiger partial charge in [-0.25, -0.2) is 0 Å². The lowest BCUT2D eigenvalue weighted by atomic mass is 10.2. The maximum absolute atomic E-state index is 11.3. The second-order valence-electron chi connectivity index (χ2n) is 7.82. The van der Waals surface area contributed by atoms with Gasteiger partial charge >= 0.3 is 0 Å². The Morgan fingerprint density at radius 1 is 0.971 bits per heavy atom. The van der Waals surface area contributed by atoms with Crippen LogP contribution in [0.1, 0.15) is 6.92 Å². The standard InChI is InChI=1S/C23H24N8O2S/c1-14(32)24-15-2-4-16(5-3-15)25-20-19-21(29-30-22(19)34)28-23(27-20)26-17-6-8-18(9-7-17)31-10-12-33-13-11-31/h2-9H,10-13H2,1H3,(H,24,32)(H4,25,26,27,28,29,30,34). The number of H-pyrrole nitrogens is 1. The zero-order chi connectivity index (χ0) is 23.5. The van der Waals surface area contributed by atoms with Crippen LogP contribution in [0, 0.1) is 0 Å². The van der Waals surface area contributed by atoms with Gasteiger partial charge in [-0.05, 0) is 48.5 Å². The molecule has 4 aromatic rings. The fourth-order valence-corrected chi connectivity index (χ4v) is 4.01. The van der Waals surface area contributed by atoms with E-state index in [2.05, 4.69) is 65.8 Å². The van der Waals surface area contributed by atoms with E-state index in [1.807, 2.05) is 36.4 Å². The number of aromatic amines is 1. The molecule has 2 aromatic carbocycles. The van der Waals surface area contributed by atoms with Crippen molar-refractivity contribution in [2.24, 2.45) is 0 Å². The van der Waals surface area contributed by atoms with Crippen LogP contribution < -0.4 is 20.9 Å². The van der Waals surface area contributed by atoms with Gasteiger partial charge in [-0.15, -0.1) is 12.6 Å².